The number of rotatable bonds is 2. The molecule has 0 aliphatic heterocycles. The van der Waals surface area contributed by atoms with Crippen molar-refractivity contribution in [3.05, 3.63) is 16.6 Å². The van der Waals surface area contributed by atoms with Gasteiger partial charge in [-0.1, -0.05) is 16.8 Å². The zero-order chi connectivity index (χ0) is 10.1. The molecule has 0 amide bonds. The van der Waals surface area contributed by atoms with Gasteiger partial charge in [-0.2, -0.15) is 4.91 Å². The van der Waals surface area contributed by atoms with E-state index in [0.717, 1.165) is 12.8 Å². The molecule has 0 saturated heterocycles. The zero-order valence-electron chi connectivity index (χ0n) is 8.38. The number of hydrogen-bond donors (Lipinski definition) is 0. The number of nitroso groups, excluding NO2 is 1. The van der Waals surface area contributed by atoms with Gasteiger partial charge in [0.15, 0.2) is 0 Å². The van der Waals surface area contributed by atoms with E-state index in [4.69, 9.17) is 11.6 Å². The Morgan fingerprint density at radius 3 is 2.69 bits per heavy atom. The lowest BCUT2D eigenvalue weighted by molar-refractivity contribution is 0.296. The number of halogens is 1. The molecule has 3 heteroatoms. The molecule has 0 aromatic heterocycles. The average Bonchev–Trinajstić information content (AvgIpc) is 2.09. The van der Waals surface area contributed by atoms with Crippen LogP contribution in [0.2, 0.25) is 0 Å². The molecule has 0 fully saturated rings. The number of alkyl halides is 1. The van der Waals surface area contributed by atoms with Crippen molar-refractivity contribution in [2.75, 3.05) is 0 Å². The number of nitrogens with zero attached hydrogens (tertiary/aromatic N) is 1. The molecule has 2 unspecified atom stereocenters. The Morgan fingerprint density at radius 1 is 1.62 bits per heavy atom. The summed E-state index contributed by atoms with van der Waals surface area (Å²) in [6, 6.07) is 0. The average molecular weight is 202 g/mol. The van der Waals surface area contributed by atoms with Crippen molar-refractivity contribution < 1.29 is 0 Å². The fraction of sp³-hybridized carbons (Fsp3) is 0.800. The van der Waals surface area contributed by atoms with Crippen LogP contribution in [0.15, 0.2) is 16.8 Å². The van der Waals surface area contributed by atoms with Gasteiger partial charge in [-0.15, -0.1) is 11.6 Å². The molecular formula is C10H16ClNO. The molecule has 2 nitrogen and oxygen atoms in total. The maximum atomic E-state index is 10.6. The van der Waals surface area contributed by atoms with E-state index in [1.165, 1.54) is 5.57 Å². The summed E-state index contributed by atoms with van der Waals surface area (Å²) in [6.45, 7) is 5.79. The van der Waals surface area contributed by atoms with Gasteiger partial charge in [0, 0.05) is 0 Å². The second kappa shape index (κ2) is 3.79. The van der Waals surface area contributed by atoms with Gasteiger partial charge in [0.2, 0.25) is 0 Å². The van der Waals surface area contributed by atoms with Gasteiger partial charge in [-0.25, -0.2) is 0 Å². The van der Waals surface area contributed by atoms with Gasteiger partial charge in [0.05, 0.1) is 5.38 Å². The molecule has 2 atom stereocenters. The second-order valence-corrected chi connectivity index (χ2v) is 4.86. The fourth-order valence-corrected chi connectivity index (χ4v) is 1.94. The molecule has 1 aliphatic carbocycles. The first kappa shape index (κ1) is 10.7. The SMILES string of the molecule is CC1=CCC(C(C)(C)N=O)CC1Cl. The predicted octanol–water partition coefficient (Wildman–Crippen LogP) is 3.50. The van der Waals surface area contributed by atoms with Crippen molar-refractivity contribution in [1.82, 2.24) is 0 Å². The Labute approximate surface area is 84.3 Å². The van der Waals surface area contributed by atoms with Crippen LogP contribution in [0, 0.1) is 10.8 Å². The standard InChI is InChI=1S/C10H16ClNO/c1-7-4-5-8(6-9(7)11)10(2,3)12-13/h4,8-9H,5-6H2,1-3H3. The van der Waals surface area contributed by atoms with Gasteiger partial charge in [-0.05, 0) is 39.5 Å². The topological polar surface area (TPSA) is 29.4 Å². The molecule has 0 aromatic carbocycles. The van der Waals surface area contributed by atoms with E-state index in [-0.39, 0.29) is 11.3 Å². The summed E-state index contributed by atoms with van der Waals surface area (Å²) in [6.07, 6.45) is 3.91. The summed E-state index contributed by atoms with van der Waals surface area (Å²) in [5, 5.41) is 3.25. The Balaban J connectivity index is 2.72. The van der Waals surface area contributed by atoms with E-state index >= 15 is 0 Å². The fourth-order valence-electron chi connectivity index (χ4n) is 1.64. The van der Waals surface area contributed by atoms with Crippen molar-refractivity contribution in [2.24, 2.45) is 11.1 Å². The normalized spacial score (nSPS) is 29.7. The summed E-state index contributed by atoms with van der Waals surface area (Å²) in [4.78, 5) is 10.6. The van der Waals surface area contributed by atoms with Gasteiger partial charge >= 0.3 is 0 Å². The van der Waals surface area contributed by atoms with Gasteiger partial charge in [-0.3, -0.25) is 0 Å². The molecule has 1 aliphatic rings. The minimum atomic E-state index is -0.482. The minimum Gasteiger partial charge on any atom is -0.150 e. The van der Waals surface area contributed by atoms with Crippen LogP contribution in [0.1, 0.15) is 33.6 Å². The van der Waals surface area contributed by atoms with Gasteiger partial charge in [0.25, 0.3) is 0 Å². The molecule has 0 aromatic rings. The first-order valence-electron chi connectivity index (χ1n) is 4.62. The van der Waals surface area contributed by atoms with Crippen LogP contribution in [0.3, 0.4) is 0 Å². The molecule has 0 N–H and O–H groups in total. The first-order chi connectivity index (χ1) is 5.97. The summed E-state index contributed by atoms with van der Waals surface area (Å²) < 4.78 is 0. The highest BCUT2D eigenvalue weighted by molar-refractivity contribution is 6.22. The van der Waals surface area contributed by atoms with Crippen LogP contribution in [0.4, 0.5) is 0 Å². The Hall–Kier alpha value is -0.370. The quantitative estimate of drug-likeness (QED) is 0.382. The lowest BCUT2D eigenvalue weighted by Gasteiger charge is -2.32. The van der Waals surface area contributed by atoms with Gasteiger partial charge in [0.1, 0.15) is 5.54 Å². The van der Waals surface area contributed by atoms with Crippen LogP contribution < -0.4 is 0 Å². The Bertz CT molecular complexity index is 235. The highest BCUT2D eigenvalue weighted by Gasteiger charge is 2.34. The molecule has 0 bridgehead atoms. The minimum absolute atomic E-state index is 0.0831. The van der Waals surface area contributed by atoms with Crippen molar-refractivity contribution in [2.45, 2.75) is 44.5 Å². The van der Waals surface area contributed by atoms with Crippen molar-refractivity contribution >= 4 is 11.6 Å². The van der Waals surface area contributed by atoms with E-state index in [9.17, 15) is 4.91 Å². The van der Waals surface area contributed by atoms with Crippen molar-refractivity contribution in [1.29, 1.82) is 0 Å². The molecule has 0 heterocycles. The highest BCUT2D eigenvalue weighted by Crippen LogP contribution is 2.36. The zero-order valence-corrected chi connectivity index (χ0v) is 9.14. The van der Waals surface area contributed by atoms with Crippen LogP contribution in [-0.2, 0) is 0 Å². The summed E-state index contributed by atoms with van der Waals surface area (Å²) in [7, 11) is 0. The van der Waals surface area contributed by atoms with E-state index in [2.05, 4.69) is 11.3 Å². The lowest BCUT2D eigenvalue weighted by Crippen LogP contribution is -2.32. The second-order valence-electron chi connectivity index (χ2n) is 4.33. The molecule has 13 heavy (non-hydrogen) atoms. The van der Waals surface area contributed by atoms with Crippen LogP contribution in [0.5, 0.6) is 0 Å². The summed E-state index contributed by atoms with van der Waals surface area (Å²) in [5.74, 6) is 0.288. The molecule has 0 radical (unpaired) electrons. The largest absolute Gasteiger partial charge is 0.150 e. The summed E-state index contributed by atoms with van der Waals surface area (Å²) >= 11 is 6.11. The van der Waals surface area contributed by atoms with E-state index in [1.54, 1.807) is 0 Å². The van der Waals surface area contributed by atoms with E-state index < -0.39 is 5.54 Å². The monoisotopic (exact) mass is 201 g/mol. The van der Waals surface area contributed by atoms with Crippen molar-refractivity contribution in [3.63, 3.8) is 0 Å². The third-order valence-corrected chi connectivity index (χ3v) is 3.47. The van der Waals surface area contributed by atoms with E-state index in [0.29, 0.717) is 0 Å². The number of allylic oxidation sites excluding steroid dienone is 2. The molecule has 74 valence electrons. The number of hydrogen-bond acceptors (Lipinski definition) is 2. The van der Waals surface area contributed by atoms with Crippen LogP contribution in [0.25, 0.3) is 0 Å². The third-order valence-electron chi connectivity index (χ3n) is 2.94. The maximum Gasteiger partial charge on any atom is 0.100 e. The van der Waals surface area contributed by atoms with Gasteiger partial charge < -0.3 is 0 Å². The molecule has 0 saturated carbocycles. The highest BCUT2D eigenvalue weighted by atomic mass is 35.5. The maximum absolute atomic E-state index is 10.6. The Kier molecular flexibility index (Phi) is 3.12. The van der Waals surface area contributed by atoms with Crippen molar-refractivity contribution in [3.8, 4) is 0 Å². The molecular weight excluding hydrogens is 186 g/mol. The predicted molar refractivity (Wildman–Crippen MR) is 56.0 cm³/mol. The van der Waals surface area contributed by atoms with Crippen LogP contribution >= 0.6 is 11.6 Å². The van der Waals surface area contributed by atoms with E-state index in [1.807, 2.05) is 20.8 Å². The molecule has 0 spiro atoms. The Morgan fingerprint density at radius 2 is 2.23 bits per heavy atom. The molecule has 1 rings (SSSR count). The lowest BCUT2D eigenvalue weighted by atomic mass is 9.78. The summed E-state index contributed by atoms with van der Waals surface area (Å²) in [5.41, 5.74) is 0.740. The van der Waals surface area contributed by atoms with Crippen LogP contribution in [-0.4, -0.2) is 10.9 Å². The smallest absolute Gasteiger partial charge is 0.100 e. The third kappa shape index (κ3) is 2.31. The first-order valence-corrected chi connectivity index (χ1v) is 5.06.